The van der Waals surface area contributed by atoms with E-state index in [0.717, 1.165) is 11.3 Å². The minimum absolute atomic E-state index is 0.100. The highest BCUT2D eigenvalue weighted by Gasteiger charge is 2.21. The Morgan fingerprint density at radius 3 is 2.34 bits per heavy atom. The molecule has 0 radical (unpaired) electrons. The zero-order valence-corrected chi connectivity index (χ0v) is 20.4. The van der Waals surface area contributed by atoms with Gasteiger partial charge in [0, 0.05) is 31.0 Å². The molecule has 9 heteroatoms. The molecule has 3 aromatic carbocycles. The van der Waals surface area contributed by atoms with Gasteiger partial charge in [0.15, 0.2) is 0 Å². The third-order valence-electron chi connectivity index (χ3n) is 5.42. The number of carbonyl (C=O) groups is 1. The Hall–Kier alpha value is -3.95. The average molecular weight is 490 g/mol. The molecule has 1 N–H and O–H groups in total. The number of hydrogen-bond acceptors (Lipinski definition) is 5. The van der Waals surface area contributed by atoms with Crippen molar-refractivity contribution in [1.29, 1.82) is 0 Å². The molecule has 1 amide bonds. The number of hydrogen-bond donors (Lipinski definition) is 1. The van der Waals surface area contributed by atoms with Crippen LogP contribution in [0.2, 0.25) is 0 Å². The third-order valence-corrected chi connectivity index (χ3v) is 7.20. The number of likely N-dealkylation sites (N-methyl/N-ethyl adjacent to an activating group) is 1. The summed E-state index contributed by atoms with van der Waals surface area (Å²) in [5.41, 5.74) is 2.91. The number of anilines is 2. The van der Waals surface area contributed by atoms with E-state index in [0.29, 0.717) is 17.9 Å². The first-order chi connectivity index (χ1) is 16.8. The molecule has 0 spiro atoms. The summed E-state index contributed by atoms with van der Waals surface area (Å²) in [7, 11) is -0.425. The van der Waals surface area contributed by atoms with Crippen molar-refractivity contribution in [3.63, 3.8) is 0 Å². The van der Waals surface area contributed by atoms with Crippen LogP contribution in [0, 0.1) is 0 Å². The highest BCUT2D eigenvalue weighted by Crippen LogP contribution is 2.23. The predicted octanol–water partition coefficient (Wildman–Crippen LogP) is 3.77. The van der Waals surface area contributed by atoms with E-state index in [1.54, 1.807) is 47.3 Å². The molecular formula is C26H27N5O3S. The fourth-order valence-electron chi connectivity index (χ4n) is 3.65. The molecule has 0 aliphatic heterocycles. The lowest BCUT2D eigenvalue weighted by Gasteiger charge is -2.20. The Kier molecular flexibility index (Phi) is 7.28. The summed E-state index contributed by atoms with van der Waals surface area (Å²) < 4.78 is 29.1. The van der Waals surface area contributed by atoms with Gasteiger partial charge >= 0.3 is 0 Å². The predicted molar refractivity (Wildman–Crippen MR) is 137 cm³/mol. The number of carbonyl (C=O) groups excluding carboxylic acids is 1. The Balaban J connectivity index is 1.37. The lowest BCUT2D eigenvalue weighted by Crippen LogP contribution is -2.30. The van der Waals surface area contributed by atoms with Crippen LogP contribution in [-0.4, -0.2) is 49.6 Å². The lowest BCUT2D eigenvalue weighted by molar-refractivity contribution is -0.117. The first kappa shape index (κ1) is 24.2. The highest BCUT2D eigenvalue weighted by atomic mass is 32.2. The zero-order valence-electron chi connectivity index (χ0n) is 19.6. The van der Waals surface area contributed by atoms with Crippen LogP contribution < -0.4 is 9.62 Å². The summed E-state index contributed by atoms with van der Waals surface area (Å²) in [5.74, 6) is -0.242. The third kappa shape index (κ3) is 5.95. The van der Waals surface area contributed by atoms with Crippen molar-refractivity contribution in [3.8, 4) is 5.69 Å². The van der Waals surface area contributed by atoms with Gasteiger partial charge in [-0.1, -0.05) is 42.5 Å². The molecule has 0 atom stereocenters. The minimum Gasteiger partial charge on any atom is -0.325 e. The molecule has 0 aliphatic rings. The number of benzene rings is 3. The lowest BCUT2D eigenvalue weighted by atomic mass is 10.3. The molecule has 4 rings (SSSR count). The van der Waals surface area contributed by atoms with Crippen molar-refractivity contribution < 1.29 is 13.2 Å². The number of nitrogens with one attached hydrogen (secondary N) is 1. The molecule has 0 saturated carbocycles. The number of amides is 1. The van der Waals surface area contributed by atoms with Crippen LogP contribution in [0.5, 0.6) is 0 Å². The number of rotatable bonds is 9. The van der Waals surface area contributed by atoms with E-state index in [-0.39, 0.29) is 17.3 Å². The Morgan fingerprint density at radius 1 is 0.943 bits per heavy atom. The van der Waals surface area contributed by atoms with Crippen molar-refractivity contribution in [2.45, 2.75) is 11.4 Å². The molecular weight excluding hydrogens is 462 g/mol. The minimum atomic E-state index is -3.77. The fourth-order valence-corrected chi connectivity index (χ4v) is 4.89. The monoisotopic (exact) mass is 489 g/mol. The van der Waals surface area contributed by atoms with Crippen LogP contribution in [0.15, 0.2) is 102 Å². The van der Waals surface area contributed by atoms with Crippen molar-refractivity contribution in [2.75, 3.05) is 30.3 Å². The number of nitrogens with zero attached hydrogens (tertiary/aromatic N) is 4. The average Bonchev–Trinajstić information content (AvgIpc) is 3.33. The van der Waals surface area contributed by atoms with Crippen LogP contribution in [0.3, 0.4) is 0 Å². The van der Waals surface area contributed by atoms with Gasteiger partial charge in [0.05, 0.1) is 29.0 Å². The van der Waals surface area contributed by atoms with E-state index in [1.165, 1.54) is 23.5 Å². The number of sulfonamides is 1. The molecule has 8 nitrogen and oxygen atoms in total. The molecule has 180 valence electrons. The standard InChI is InChI=1S/C26H27N5O3S/c1-29(18-21-17-27-31(19-21)24-13-7-4-8-14-24)20-26(32)28-22-10-9-15-25(16-22)35(33,34)30(2)23-11-5-3-6-12-23/h3-17,19H,18,20H2,1-2H3,(H,28,32). The van der Waals surface area contributed by atoms with Gasteiger partial charge in [0.2, 0.25) is 5.91 Å². The van der Waals surface area contributed by atoms with E-state index in [4.69, 9.17) is 0 Å². The molecule has 0 bridgehead atoms. The second-order valence-electron chi connectivity index (χ2n) is 8.19. The van der Waals surface area contributed by atoms with Gasteiger partial charge in [0.25, 0.3) is 10.0 Å². The summed E-state index contributed by atoms with van der Waals surface area (Å²) in [6.45, 7) is 0.675. The Morgan fingerprint density at radius 2 is 1.63 bits per heavy atom. The van der Waals surface area contributed by atoms with E-state index in [9.17, 15) is 13.2 Å². The van der Waals surface area contributed by atoms with Gasteiger partial charge < -0.3 is 5.32 Å². The maximum absolute atomic E-state index is 13.1. The summed E-state index contributed by atoms with van der Waals surface area (Å²) in [4.78, 5) is 14.6. The van der Waals surface area contributed by atoms with E-state index in [1.807, 2.05) is 54.5 Å². The quantitative estimate of drug-likeness (QED) is 0.387. The molecule has 1 heterocycles. The van der Waals surface area contributed by atoms with E-state index in [2.05, 4.69) is 10.4 Å². The topological polar surface area (TPSA) is 87.5 Å². The summed E-state index contributed by atoms with van der Waals surface area (Å²) in [5, 5.41) is 7.18. The molecule has 35 heavy (non-hydrogen) atoms. The number of aromatic nitrogens is 2. The van der Waals surface area contributed by atoms with Gasteiger partial charge in [-0.3, -0.25) is 14.0 Å². The first-order valence-electron chi connectivity index (χ1n) is 11.0. The van der Waals surface area contributed by atoms with Crippen LogP contribution in [-0.2, 0) is 21.4 Å². The van der Waals surface area contributed by atoms with Gasteiger partial charge in [0.1, 0.15) is 0 Å². The fraction of sp³-hybridized carbons (Fsp3) is 0.154. The second-order valence-corrected chi connectivity index (χ2v) is 10.2. The molecule has 0 unspecified atom stereocenters. The highest BCUT2D eigenvalue weighted by molar-refractivity contribution is 7.92. The van der Waals surface area contributed by atoms with Crippen molar-refractivity contribution >= 4 is 27.3 Å². The second kappa shape index (κ2) is 10.5. The van der Waals surface area contributed by atoms with Crippen molar-refractivity contribution in [3.05, 3.63) is 103 Å². The molecule has 1 aromatic heterocycles. The van der Waals surface area contributed by atoms with Crippen LogP contribution >= 0.6 is 0 Å². The van der Waals surface area contributed by atoms with Crippen molar-refractivity contribution in [2.24, 2.45) is 0 Å². The Bertz CT molecular complexity index is 1390. The zero-order chi connectivity index (χ0) is 24.8. The molecule has 0 saturated heterocycles. The normalized spacial score (nSPS) is 11.4. The van der Waals surface area contributed by atoms with E-state index >= 15 is 0 Å². The maximum atomic E-state index is 13.1. The van der Waals surface area contributed by atoms with Gasteiger partial charge in [-0.2, -0.15) is 5.10 Å². The maximum Gasteiger partial charge on any atom is 0.264 e. The van der Waals surface area contributed by atoms with E-state index < -0.39 is 10.0 Å². The molecule has 0 fully saturated rings. The van der Waals surface area contributed by atoms with Crippen LogP contribution in [0.4, 0.5) is 11.4 Å². The Labute approximate surface area is 205 Å². The van der Waals surface area contributed by atoms with Crippen molar-refractivity contribution in [1.82, 2.24) is 14.7 Å². The summed E-state index contributed by atoms with van der Waals surface area (Å²) in [6.07, 6.45) is 3.71. The largest absolute Gasteiger partial charge is 0.325 e. The smallest absolute Gasteiger partial charge is 0.264 e. The van der Waals surface area contributed by atoms with Gasteiger partial charge in [-0.05, 0) is 49.5 Å². The molecule has 0 aliphatic carbocycles. The SMILES string of the molecule is CN(CC(=O)Nc1cccc(S(=O)(=O)N(C)c2ccccc2)c1)Cc1cnn(-c2ccccc2)c1. The summed E-state index contributed by atoms with van der Waals surface area (Å²) >= 11 is 0. The van der Waals surface area contributed by atoms with Gasteiger partial charge in [-0.15, -0.1) is 0 Å². The van der Waals surface area contributed by atoms with Gasteiger partial charge in [-0.25, -0.2) is 13.1 Å². The molecule has 4 aromatic rings. The number of para-hydroxylation sites is 2. The summed E-state index contributed by atoms with van der Waals surface area (Å²) in [6, 6.07) is 24.9. The first-order valence-corrected chi connectivity index (χ1v) is 12.5. The van der Waals surface area contributed by atoms with Crippen LogP contribution in [0.1, 0.15) is 5.56 Å². The van der Waals surface area contributed by atoms with Crippen LogP contribution in [0.25, 0.3) is 5.69 Å².